The van der Waals surface area contributed by atoms with Crippen LogP contribution in [0.15, 0.2) is 52.5 Å². The Bertz CT molecular complexity index is 695. The molecule has 0 unspecified atom stereocenters. The van der Waals surface area contributed by atoms with Gasteiger partial charge < -0.3 is 9.15 Å². The van der Waals surface area contributed by atoms with E-state index in [9.17, 15) is 4.39 Å². The van der Waals surface area contributed by atoms with Gasteiger partial charge in [-0.15, -0.1) is 11.3 Å². The Kier molecular flexibility index (Phi) is 5.13. The predicted octanol–water partition coefficient (Wildman–Crippen LogP) is 4.85. The van der Waals surface area contributed by atoms with Gasteiger partial charge in [-0.2, -0.15) is 11.8 Å². The van der Waals surface area contributed by atoms with Gasteiger partial charge in [0.1, 0.15) is 11.6 Å². The lowest BCUT2D eigenvalue weighted by Gasteiger charge is -2.05. The summed E-state index contributed by atoms with van der Waals surface area (Å²) in [5.74, 6) is 2.93. The Balaban J connectivity index is 1.39. The molecule has 0 N–H and O–H groups in total. The molecule has 114 valence electrons. The molecule has 0 atom stereocenters. The summed E-state index contributed by atoms with van der Waals surface area (Å²) in [6.45, 7) is 0.589. The Morgan fingerprint density at radius 1 is 1.23 bits per heavy atom. The molecule has 0 saturated heterocycles. The molecule has 0 amide bonds. The third kappa shape index (κ3) is 4.11. The molecule has 0 spiro atoms. The first-order chi connectivity index (χ1) is 10.8. The van der Waals surface area contributed by atoms with Gasteiger partial charge in [0.15, 0.2) is 10.8 Å². The minimum absolute atomic E-state index is 0.252. The van der Waals surface area contributed by atoms with E-state index in [0.717, 1.165) is 28.0 Å². The zero-order valence-corrected chi connectivity index (χ0v) is 13.3. The zero-order chi connectivity index (χ0) is 15.2. The van der Waals surface area contributed by atoms with Crippen LogP contribution in [-0.4, -0.2) is 17.3 Å². The van der Waals surface area contributed by atoms with E-state index >= 15 is 0 Å². The van der Waals surface area contributed by atoms with E-state index in [1.165, 1.54) is 12.1 Å². The van der Waals surface area contributed by atoms with Crippen molar-refractivity contribution in [3.63, 3.8) is 0 Å². The van der Waals surface area contributed by atoms with Gasteiger partial charge in [0, 0.05) is 16.9 Å². The maximum atomic E-state index is 12.7. The van der Waals surface area contributed by atoms with Gasteiger partial charge in [0.05, 0.1) is 18.6 Å². The normalized spacial score (nSPS) is 10.8. The number of hydrogen-bond acceptors (Lipinski definition) is 5. The molecule has 2 aromatic heterocycles. The number of ether oxygens (including phenoxy) is 1. The summed E-state index contributed by atoms with van der Waals surface area (Å²) in [6, 6.07) is 9.83. The van der Waals surface area contributed by atoms with Gasteiger partial charge in [0.25, 0.3) is 0 Å². The number of rotatable bonds is 7. The predicted molar refractivity (Wildman–Crippen MR) is 87.9 cm³/mol. The highest BCUT2D eigenvalue weighted by Crippen LogP contribution is 2.25. The van der Waals surface area contributed by atoms with Crippen LogP contribution in [0.1, 0.15) is 5.69 Å². The molecule has 3 nitrogen and oxygen atoms in total. The van der Waals surface area contributed by atoms with Crippen LogP contribution >= 0.6 is 23.1 Å². The number of nitrogens with zero attached hydrogens (tertiary/aromatic N) is 1. The molecule has 0 bridgehead atoms. The van der Waals surface area contributed by atoms with E-state index < -0.39 is 0 Å². The van der Waals surface area contributed by atoms with Crippen molar-refractivity contribution in [2.24, 2.45) is 0 Å². The second kappa shape index (κ2) is 7.47. The number of thiazole rings is 1. The van der Waals surface area contributed by atoms with Crippen molar-refractivity contribution >= 4 is 23.1 Å². The Labute approximate surface area is 136 Å². The molecular formula is C16H14FNO2S2. The minimum atomic E-state index is -0.252. The lowest BCUT2D eigenvalue weighted by molar-refractivity contribution is 0.343. The summed E-state index contributed by atoms with van der Waals surface area (Å²) >= 11 is 3.34. The summed E-state index contributed by atoms with van der Waals surface area (Å²) < 4.78 is 23.6. The molecule has 6 heteroatoms. The van der Waals surface area contributed by atoms with Crippen molar-refractivity contribution < 1.29 is 13.5 Å². The molecule has 0 fully saturated rings. The van der Waals surface area contributed by atoms with Crippen molar-refractivity contribution in [1.82, 2.24) is 4.98 Å². The number of furan rings is 1. The number of benzene rings is 1. The van der Waals surface area contributed by atoms with E-state index in [1.807, 2.05) is 17.5 Å². The van der Waals surface area contributed by atoms with E-state index in [-0.39, 0.29) is 5.82 Å². The molecule has 2 heterocycles. The first kappa shape index (κ1) is 15.1. The molecular weight excluding hydrogens is 321 g/mol. The van der Waals surface area contributed by atoms with Gasteiger partial charge >= 0.3 is 0 Å². The van der Waals surface area contributed by atoms with Crippen LogP contribution in [0.25, 0.3) is 10.8 Å². The molecule has 1 aromatic carbocycles. The van der Waals surface area contributed by atoms with Gasteiger partial charge in [-0.25, -0.2) is 9.37 Å². The van der Waals surface area contributed by atoms with Crippen LogP contribution in [0.3, 0.4) is 0 Å². The fourth-order valence-electron chi connectivity index (χ4n) is 1.81. The van der Waals surface area contributed by atoms with E-state index in [1.54, 1.807) is 41.5 Å². The molecule has 0 saturated carbocycles. The van der Waals surface area contributed by atoms with Gasteiger partial charge in [-0.1, -0.05) is 0 Å². The van der Waals surface area contributed by atoms with Crippen molar-refractivity contribution in [3.8, 4) is 16.5 Å². The summed E-state index contributed by atoms with van der Waals surface area (Å²) in [5, 5.41) is 2.95. The van der Waals surface area contributed by atoms with Crippen LogP contribution in [0.2, 0.25) is 0 Å². The summed E-state index contributed by atoms with van der Waals surface area (Å²) in [4.78, 5) is 4.54. The van der Waals surface area contributed by atoms with E-state index in [2.05, 4.69) is 4.98 Å². The molecule has 0 radical (unpaired) electrons. The highest BCUT2D eigenvalue weighted by molar-refractivity contribution is 7.98. The molecule has 0 aliphatic heterocycles. The molecule has 3 aromatic rings. The van der Waals surface area contributed by atoms with Crippen molar-refractivity contribution in [2.45, 2.75) is 5.75 Å². The van der Waals surface area contributed by atoms with Crippen molar-refractivity contribution in [3.05, 3.63) is 59.6 Å². The van der Waals surface area contributed by atoms with Gasteiger partial charge in [0.2, 0.25) is 0 Å². The zero-order valence-electron chi connectivity index (χ0n) is 11.7. The van der Waals surface area contributed by atoms with Crippen molar-refractivity contribution in [2.75, 3.05) is 12.4 Å². The average molecular weight is 335 g/mol. The van der Waals surface area contributed by atoms with Gasteiger partial charge in [-0.05, 0) is 36.4 Å². The quantitative estimate of drug-likeness (QED) is 0.578. The topological polar surface area (TPSA) is 35.3 Å². The van der Waals surface area contributed by atoms with E-state index in [0.29, 0.717) is 12.4 Å². The van der Waals surface area contributed by atoms with Crippen LogP contribution in [-0.2, 0) is 5.75 Å². The molecule has 22 heavy (non-hydrogen) atoms. The molecule has 0 aliphatic carbocycles. The van der Waals surface area contributed by atoms with Crippen LogP contribution in [0.5, 0.6) is 5.75 Å². The summed E-state index contributed by atoms with van der Waals surface area (Å²) in [6.07, 6.45) is 1.65. The highest BCUT2D eigenvalue weighted by Gasteiger charge is 2.06. The molecule has 3 rings (SSSR count). The smallest absolute Gasteiger partial charge is 0.162 e. The standard InChI is InChI=1S/C16H14FNO2S2/c17-12-3-5-14(6-4-12)19-8-9-21-10-13-11-22-16(18-13)15-2-1-7-20-15/h1-7,11H,8-10H2. The van der Waals surface area contributed by atoms with Crippen molar-refractivity contribution in [1.29, 1.82) is 0 Å². The number of halogens is 1. The number of aromatic nitrogens is 1. The van der Waals surface area contributed by atoms with Crippen LogP contribution in [0.4, 0.5) is 4.39 Å². The largest absolute Gasteiger partial charge is 0.493 e. The second-order valence-corrected chi connectivity index (χ2v) is 6.44. The Morgan fingerprint density at radius 2 is 2.09 bits per heavy atom. The van der Waals surface area contributed by atoms with Gasteiger partial charge in [-0.3, -0.25) is 0 Å². The SMILES string of the molecule is Fc1ccc(OCCSCc2csc(-c3ccco3)n2)cc1. The highest BCUT2D eigenvalue weighted by atomic mass is 32.2. The Morgan fingerprint density at radius 3 is 2.86 bits per heavy atom. The third-order valence-electron chi connectivity index (χ3n) is 2.84. The second-order valence-electron chi connectivity index (χ2n) is 4.48. The summed E-state index contributed by atoms with van der Waals surface area (Å²) in [5.41, 5.74) is 1.04. The first-order valence-electron chi connectivity index (χ1n) is 6.75. The lowest BCUT2D eigenvalue weighted by atomic mass is 10.3. The Hall–Kier alpha value is -1.79. The van der Waals surface area contributed by atoms with Crippen LogP contribution in [0, 0.1) is 5.82 Å². The van der Waals surface area contributed by atoms with Crippen LogP contribution < -0.4 is 4.74 Å². The number of hydrogen-bond donors (Lipinski definition) is 0. The minimum Gasteiger partial charge on any atom is -0.493 e. The fraction of sp³-hybridized carbons (Fsp3) is 0.188. The monoisotopic (exact) mass is 335 g/mol. The molecule has 0 aliphatic rings. The third-order valence-corrected chi connectivity index (χ3v) is 4.70. The first-order valence-corrected chi connectivity index (χ1v) is 8.79. The maximum absolute atomic E-state index is 12.7. The number of thioether (sulfide) groups is 1. The maximum Gasteiger partial charge on any atom is 0.162 e. The lowest BCUT2D eigenvalue weighted by Crippen LogP contribution is -2.00. The van der Waals surface area contributed by atoms with E-state index in [4.69, 9.17) is 9.15 Å². The average Bonchev–Trinajstić information content (AvgIpc) is 3.19. The summed E-state index contributed by atoms with van der Waals surface area (Å²) in [7, 11) is 0. The fourth-order valence-corrected chi connectivity index (χ4v) is 3.41.